The fourth-order valence-electron chi connectivity index (χ4n) is 1.11. The Morgan fingerprint density at radius 3 is 2.50 bits per heavy atom. The van der Waals surface area contributed by atoms with Crippen molar-refractivity contribution in [2.45, 2.75) is 0 Å². The molecule has 2 rings (SSSR count). The molecule has 0 amide bonds. The van der Waals surface area contributed by atoms with Gasteiger partial charge in [0.1, 0.15) is 0 Å². The monoisotopic (exact) mass is 154 g/mol. The largest absolute Gasteiger partial charge is 0.264 e. The molecule has 1 radical (unpaired) electrons. The van der Waals surface area contributed by atoms with E-state index in [-0.39, 0.29) is 0 Å². The Morgan fingerprint density at radius 2 is 1.83 bits per heavy atom. The van der Waals surface area contributed by atoms with E-state index < -0.39 is 0 Å². The number of benzene rings is 1. The van der Waals surface area contributed by atoms with Crippen LogP contribution in [-0.2, 0) is 0 Å². The fraction of sp³-hybridized carbons (Fsp3) is 0. The normalized spacial score (nSPS) is 9.67. The minimum Gasteiger partial charge on any atom is -0.264 e. The van der Waals surface area contributed by atoms with Gasteiger partial charge in [0, 0.05) is 12.4 Å². The molecular formula is C11H8N. The van der Waals surface area contributed by atoms with Crippen LogP contribution in [0.5, 0.6) is 0 Å². The van der Waals surface area contributed by atoms with E-state index in [1.54, 1.807) is 6.20 Å². The van der Waals surface area contributed by atoms with Gasteiger partial charge in [0.05, 0.1) is 0 Å². The summed E-state index contributed by atoms with van der Waals surface area (Å²) in [4.78, 5) is 4.05. The van der Waals surface area contributed by atoms with Crippen LogP contribution in [0, 0.1) is 6.07 Å². The van der Waals surface area contributed by atoms with E-state index in [9.17, 15) is 0 Å². The molecule has 1 aromatic carbocycles. The lowest BCUT2D eigenvalue weighted by molar-refractivity contribution is 1.33. The second-order valence-corrected chi connectivity index (χ2v) is 2.53. The number of hydrogen-bond acceptors (Lipinski definition) is 1. The van der Waals surface area contributed by atoms with Crippen molar-refractivity contribution in [2.24, 2.45) is 0 Å². The first-order valence-corrected chi connectivity index (χ1v) is 3.83. The minimum atomic E-state index is 1.14. The molecule has 0 aliphatic carbocycles. The number of rotatable bonds is 1. The second kappa shape index (κ2) is 3.18. The van der Waals surface area contributed by atoms with Gasteiger partial charge in [-0.25, -0.2) is 0 Å². The Morgan fingerprint density at radius 1 is 1.00 bits per heavy atom. The average Bonchev–Trinajstić information content (AvgIpc) is 2.21. The standard InChI is InChI=1S/C11H8N/c1-2-5-10(6-3-1)11-7-4-8-12-9-11/h2-9H. The fourth-order valence-corrected chi connectivity index (χ4v) is 1.11. The van der Waals surface area contributed by atoms with Crippen molar-refractivity contribution in [1.82, 2.24) is 4.98 Å². The van der Waals surface area contributed by atoms with Crippen LogP contribution >= 0.6 is 0 Å². The predicted molar refractivity (Wildman–Crippen MR) is 48.5 cm³/mol. The molecule has 0 aliphatic heterocycles. The summed E-state index contributed by atoms with van der Waals surface area (Å²) in [7, 11) is 0. The SMILES string of the molecule is [c]1ccc(-c2cccnc2)cc1. The lowest BCUT2D eigenvalue weighted by Gasteiger charge is -1.97. The molecule has 0 fully saturated rings. The highest BCUT2D eigenvalue weighted by atomic mass is 14.6. The Hall–Kier alpha value is -1.63. The van der Waals surface area contributed by atoms with Crippen molar-refractivity contribution in [1.29, 1.82) is 0 Å². The maximum absolute atomic E-state index is 4.05. The zero-order chi connectivity index (χ0) is 8.23. The molecule has 1 nitrogen and oxygen atoms in total. The molecule has 2 aromatic rings. The van der Waals surface area contributed by atoms with Crippen molar-refractivity contribution in [3.63, 3.8) is 0 Å². The first-order valence-electron chi connectivity index (χ1n) is 3.83. The summed E-state index contributed by atoms with van der Waals surface area (Å²) in [5.74, 6) is 0. The van der Waals surface area contributed by atoms with Crippen LogP contribution in [0.2, 0.25) is 0 Å². The van der Waals surface area contributed by atoms with Gasteiger partial charge in [-0.15, -0.1) is 0 Å². The molecule has 12 heavy (non-hydrogen) atoms. The van der Waals surface area contributed by atoms with Gasteiger partial charge < -0.3 is 0 Å². The Bertz CT molecular complexity index is 302. The summed E-state index contributed by atoms with van der Waals surface area (Å²) in [6.45, 7) is 0. The highest BCUT2D eigenvalue weighted by Crippen LogP contribution is 2.15. The summed E-state index contributed by atoms with van der Waals surface area (Å²) < 4.78 is 0. The maximum atomic E-state index is 4.05. The molecular weight excluding hydrogens is 146 g/mol. The van der Waals surface area contributed by atoms with Crippen LogP contribution in [0.25, 0.3) is 11.1 Å². The topological polar surface area (TPSA) is 12.9 Å². The summed E-state index contributed by atoms with van der Waals surface area (Å²) in [5, 5.41) is 0. The molecule has 0 unspecified atom stereocenters. The Labute approximate surface area is 71.7 Å². The molecule has 1 heteroatoms. The van der Waals surface area contributed by atoms with Gasteiger partial charge in [0.15, 0.2) is 0 Å². The predicted octanol–water partition coefficient (Wildman–Crippen LogP) is 2.55. The first kappa shape index (κ1) is 7.04. The molecule has 0 saturated carbocycles. The minimum absolute atomic E-state index is 1.14. The van der Waals surface area contributed by atoms with E-state index in [1.807, 2.05) is 42.6 Å². The van der Waals surface area contributed by atoms with E-state index in [1.165, 1.54) is 5.56 Å². The first-order chi connectivity index (χ1) is 5.97. The van der Waals surface area contributed by atoms with Crippen LogP contribution in [0.3, 0.4) is 0 Å². The van der Waals surface area contributed by atoms with Crippen molar-refractivity contribution in [2.75, 3.05) is 0 Å². The van der Waals surface area contributed by atoms with Crippen LogP contribution in [0.1, 0.15) is 0 Å². The van der Waals surface area contributed by atoms with Crippen molar-refractivity contribution in [3.05, 3.63) is 54.9 Å². The number of hydrogen-bond donors (Lipinski definition) is 0. The molecule has 0 atom stereocenters. The summed E-state index contributed by atoms with van der Waals surface area (Å²) in [5.41, 5.74) is 2.33. The average molecular weight is 154 g/mol. The number of pyridine rings is 1. The molecule has 0 N–H and O–H groups in total. The van der Waals surface area contributed by atoms with Gasteiger partial charge in [-0.05, 0) is 23.3 Å². The quantitative estimate of drug-likeness (QED) is 0.615. The molecule has 57 valence electrons. The van der Waals surface area contributed by atoms with Gasteiger partial charge in [-0.1, -0.05) is 30.3 Å². The zero-order valence-corrected chi connectivity index (χ0v) is 6.57. The molecule has 0 saturated heterocycles. The van der Waals surface area contributed by atoms with E-state index in [0.717, 1.165) is 5.56 Å². The van der Waals surface area contributed by atoms with E-state index in [0.29, 0.717) is 0 Å². The smallest absolute Gasteiger partial charge is 0.0346 e. The summed E-state index contributed by atoms with van der Waals surface area (Å²) >= 11 is 0. The Kier molecular flexibility index (Phi) is 1.87. The van der Waals surface area contributed by atoms with Gasteiger partial charge >= 0.3 is 0 Å². The molecule has 1 aromatic heterocycles. The third kappa shape index (κ3) is 1.35. The van der Waals surface area contributed by atoms with Crippen LogP contribution in [-0.4, -0.2) is 4.98 Å². The van der Waals surface area contributed by atoms with Crippen LogP contribution in [0.15, 0.2) is 48.8 Å². The highest BCUT2D eigenvalue weighted by molar-refractivity contribution is 5.61. The van der Waals surface area contributed by atoms with Gasteiger partial charge in [-0.3, -0.25) is 4.98 Å². The summed E-state index contributed by atoms with van der Waals surface area (Å²) in [6, 6.07) is 14.8. The Balaban J connectivity index is 2.46. The van der Waals surface area contributed by atoms with Gasteiger partial charge in [-0.2, -0.15) is 0 Å². The summed E-state index contributed by atoms with van der Waals surface area (Å²) in [6.07, 6.45) is 3.63. The number of aromatic nitrogens is 1. The molecule has 0 spiro atoms. The van der Waals surface area contributed by atoms with E-state index in [4.69, 9.17) is 0 Å². The van der Waals surface area contributed by atoms with E-state index in [2.05, 4.69) is 11.1 Å². The number of nitrogens with zero attached hydrogens (tertiary/aromatic N) is 1. The van der Waals surface area contributed by atoms with Crippen molar-refractivity contribution >= 4 is 0 Å². The maximum Gasteiger partial charge on any atom is 0.0346 e. The third-order valence-corrected chi connectivity index (χ3v) is 1.71. The van der Waals surface area contributed by atoms with Crippen molar-refractivity contribution < 1.29 is 0 Å². The van der Waals surface area contributed by atoms with Gasteiger partial charge in [0.25, 0.3) is 0 Å². The molecule has 1 heterocycles. The molecule has 0 bridgehead atoms. The van der Waals surface area contributed by atoms with Crippen LogP contribution in [0.4, 0.5) is 0 Å². The van der Waals surface area contributed by atoms with Gasteiger partial charge in [0.2, 0.25) is 0 Å². The zero-order valence-electron chi connectivity index (χ0n) is 6.57. The third-order valence-electron chi connectivity index (χ3n) is 1.71. The van der Waals surface area contributed by atoms with Crippen LogP contribution < -0.4 is 0 Å². The lowest BCUT2D eigenvalue weighted by atomic mass is 10.1. The van der Waals surface area contributed by atoms with Crippen molar-refractivity contribution in [3.8, 4) is 11.1 Å². The van der Waals surface area contributed by atoms with E-state index >= 15 is 0 Å². The highest BCUT2D eigenvalue weighted by Gasteiger charge is 1.92. The molecule has 0 aliphatic rings. The second-order valence-electron chi connectivity index (χ2n) is 2.53. The lowest BCUT2D eigenvalue weighted by Crippen LogP contribution is -1.76.